The number of hydrogen-bond donors (Lipinski definition) is 0. The second kappa shape index (κ2) is 9.90. The lowest BCUT2D eigenvalue weighted by Gasteiger charge is -2.35. The van der Waals surface area contributed by atoms with Crippen LogP contribution in [0.4, 0.5) is 0 Å². The van der Waals surface area contributed by atoms with Crippen LogP contribution in [0, 0.1) is 0 Å². The molecule has 0 radical (unpaired) electrons. The summed E-state index contributed by atoms with van der Waals surface area (Å²) in [6.45, 7) is 2.48. The highest BCUT2D eigenvalue weighted by Crippen LogP contribution is 2.51. The number of fused-ring (bicyclic) bond motifs is 2. The molecule has 0 aliphatic carbocycles. The molecule has 0 unspecified atom stereocenters. The summed E-state index contributed by atoms with van der Waals surface area (Å²) in [7, 11) is -0.380. The van der Waals surface area contributed by atoms with Crippen LogP contribution in [-0.4, -0.2) is 91.7 Å². The van der Waals surface area contributed by atoms with Gasteiger partial charge in [-0.05, 0) is 19.0 Å². The molecule has 4 heterocycles. The minimum atomic E-state index is -3.91. The van der Waals surface area contributed by atoms with E-state index in [0.717, 1.165) is 5.56 Å². The molecular formula is C22H27Cl2N5O6S. The zero-order chi connectivity index (χ0) is 25.6. The normalized spacial score (nSPS) is 18.4. The summed E-state index contributed by atoms with van der Waals surface area (Å²) in [5, 5.41) is 0.476. The van der Waals surface area contributed by atoms with E-state index in [1.807, 2.05) is 7.05 Å². The van der Waals surface area contributed by atoms with Crippen LogP contribution in [-0.2, 0) is 34.3 Å². The maximum Gasteiger partial charge on any atom is 0.247 e. The smallest absolute Gasteiger partial charge is 0.247 e. The van der Waals surface area contributed by atoms with Crippen molar-refractivity contribution in [1.82, 2.24) is 23.7 Å². The number of aromatic nitrogens is 2. The summed E-state index contributed by atoms with van der Waals surface area (Å²) >= 11 is 11.9. The van der Waals surface area contributed by atoms with Crippen LogP contribution in [0.1, 0.15) is 17.5 Å². The number of ether oxygens (including phenoxy) is 3. The standard InChI is InChI=1S/C22H27Cl2N5O6S/c1-26-5-3-14-15(11-26)17(33-2)18-19(35-13-34-18)20(14)36(31,32)29-9-7-27(8-10-29)16(30)4-6-28-12-25-21(23)22(28)24/h12H,3-11,13H2,1-2H3. The number of likely N-dealkylation sites (N-methyl/N-ethyl adjacent to an activating group) is 1. The quantitative estimate of drug-likeness (QED) is 0.527. The fourth-order valence-electron chi connectivity index (χ4n) is 4.92. The number of hydrogen-bond acceptors (Lipinski definition) is 8. The first-order valence-corrected chi connectivity index (χ1v) is 13.8. The van der Waals surface area contributed by atoms with Gasteiger partial charge in [-0.25, -0.2) is 13.4 Å². The SMILES string of the molecule is COc1c2c(c(S(=O)(=O)N3CCN(C(=O)CCn4cnc(Cl)c4Cl)CC3)c3c1OCO3)CCN(C)C2. The van der Waals surface area contributed by atoms with Gasteiger partial charge in [-0.15, -0.1) is 0 Å². The Labute approximate surface area is 219 Å². The highest BCUT2D eigenvalue weighted by molar-refractivity contribution is 7.89. The predicted molar refractivity (Wildman–Crippen MR) is 131 cm³/mol. The molecule has 2 aromatic rings. The first-order chi connectivity index (χ1) is 17.2. The van der Waals surface area contributed by atoms with Crippen molar-refractivity contribution < 1.29 is 27.4 Å². The maximum absolute atomic E-state index is 13.9. The van der Waals surface area contributed by atoms with Crippen molar-refractivity contribution in [2.24, 2.45) is 0 Å². The molecule has 1 fully saturated rings. The highest BCUT2D eigenvalue weighted by Gasteiger charge is 2.41. The zero-order valence-corrected chi connectivity index (χ0v) is 22.3. The number of amides is 1. The van der Waals surface area contributed by atoms with Crippen molar-refractivity contribution in [2.75, 3.05) is 53.7 Å². The number of rotatable bonds is 6. The van der Waals surface area contributed by atoms with Gasteiger partial charge >= 0.3 is 0 Å². The first-order valence-electron chi connectivity index (χ1n) is 11.6. The number of aryl methyl sites for hydroxylation is 1. The van der Waals surface area contributed by atoms with E-state index >= 15 is 0 Å². The van der Waals surface area contributed by atoms with E-state index in [4.69, 9.17) is 37.4 Å². The van der Waals surface area contributed by atoms with E-state index < -0.39 is 10.0 Å². The molecule has 11 nitrogen and oxygen atoms in total. The number of carbonyl (C=O) groups is 1. The number of imidazole rings is 1. The second-order valence-corrected chi connectivity index (χ2v) is 11.5. The lowest BCUT2D eigenvalue weighted by atomic mass is 9.97. The molecule has 0 spiro atoms. The van der Waals surface area contributed by atoms with Gasteiger partial charge in [0.05, 0.1) is 13.4 Å². The van der Waals surface area contributed by atoms with Gasteiger partial charge in [-0.3, -0.25) is 4.79 Å². The summed E-state index contributed by atoms with van der Waals surface area (Å²) in [5.41, 5.74) is 1.52. The third-order valence-electron chi connectivity index (χ3n) is 6.80. The molecule has 0 bridgehead atoms. The van der Waals surface area contributed by atoms with Gasteiger partial charge in [0.25, 0.3) is 0 Å². The van der Waals surface area contributed by atoms with Crippen molar-refractivity contribution in [3.05, 3.63) is 27.8 Å². The lowest BCUT2D eigenvalue weighted by molar-refractivity contribution is -0.132. The minimum absolute atomic E-state index is 0.0681. The fraction of sp³-hybridized carbons (Fsp3) is 0.545. The number of piperazine rings is 1. The molecule has 3 aliphatic heterocycles. The summed E-state index contributed by atoms with van der Waals surface area (Å²) < 4.78 is 47.8. The first kappa shape index (κ1) is 25.4. The van der Waals surface area contributed by atoms with Crippen LogP contribution < -0.4 is 14.2 Å². The van der Waals surface area contributed by atoms with E-state index in [0.29, 0.717) is 43.1 Å². The van der Waals surface area contributed by atoms with Gasteiger partial charge in [-0.2, -0.15) is 4.31 Å². The van der Waals surface area contributed by atoms with Crippen LogP contribution in [0.3, 0.4) is 0 Å². The van der Waals surface area contributed by atoms with E-state index in [-0.39, 0.29) is 66.3 Å². The van der Waals surface area contributed by atoms with Gasteiger partial charge < -0.3 is 28.6 Å². The molecule has 1 aromatic heterocycles. The molecule has 196 valence electrons. The molecule has 5 rings (SSSR count). The molecular weight excluding hydrogens is 533 g/mol. The Kier molecular flexibility index (Phi) is 6.98. The lowest BCUT2D eigenvalue weighted by Crippen LogP contribution is -2.50. The Morgan fingerprint density at radius 2 is 1.83 bits per heavy atom. The van der Waals surface area contributed by atoms with Crippen LogP contribution in [0.25, 0.3) is 0 Å². The molecule has 1 amide bonds. The molecule has 0 saturated carbocycles. The van der Waals surface area contributed by atoms with Gasteiger partial charge in [0.2, 0.25) is 28.5 Å². The summed E-state index contributed by atoms with van der Waals surface area (Å²) in [6, 6.07) is 0. The van der Waals surface area contributed by atoms with Gasteiger partial charge in [0, 0.05) is 57.8 Å². The molecule has 1 aromatic carbocycles. The molecule has 0 N–H and O–H groups in total. The van der Waals surface area contributed by atoms with Crippen molar-refractivity contribution in [3.8, 4) is 17.2 Å². The Hall–Kier alpha value is -2.25. The second-order valence-electron chi connectivity index (χ2n) is 8.93. The number of carbonyl (C=O) groups excluding carboxylic acids is 1. The molecule has 36 heavy (non-hydrogen) atoms. The van der Waals surface area contributed by atoms with Crippen molar-refractivity contribution in [2.45, 2.75) is 30.8 Å². The average Bonchev–Trinajstić information content (AvgIpc) is 3.47. The number of halogens is 2. The summed E-state index contributed by atoms with van der Waals surface area (Å²) in [6.07, 6.45) is 2.24. The number of nitrogens with zero attached hydrogens (tertiary/aromatic N) is 5. The van der Waals surface area contributed by atoms with Gasteiger partial charge in [0.1, 0.15) is 10.0 Å². The largest absolute Gasteiger partial charge is 0.492 e. The van der Waals surface area contributed by atoms with Gasteiger partial charge in [0.15, 0.2) is 16.7 Å². The monoisotopic (exact) mass is 559 g/mol. The van der Waals surface area contributed by atoms with Crippen molar-refractivity contribution in [1.29, 1.82) is 0 Å². The summed E-state index contributed by atoms with van der Waals surface area (Å²) in [5.74, 6) is 0.981. The predicted octanol–water partition coefficient (Wildman–Crippen LogP) is 1.84. The Morgan fingerprint density at radius 3 is 2.50 bits per heavy atom. The topological polar surface area (TPSA) is 106 Å². The summed E-state index contributed by atoms with van der Waals surface area (Å²) in [4.78, 5) is 20.6. The fourth-order valence-corrected chi connectivity index (χ4v) is 7.07. The Bertz CT molecular complexity index is 1290. The number of methoxy groups -OCH3 is 1. The van der Waals surface area contributed by atoms with E-state index in [1.54, 1.807) is 16.6 Å². The van der Waals surface area contributed by atoms with E-state index in [9.17, 15) is 13.2 Å². The number of benzene rings is 1. The third kappa shape index (κ3) is 4.38. The minimum Gasteiger partial charge on any atom is -0.492 e. The molecule has 3 aliphatic rings. The Morgan fingerprint density at radius 1 is 1.11 bits per heavy atom. The highest BCUT2D eigenvalue weighted by atomic mass is 35.5. The third-order valence-corrected chi connectivity index (χ3v) is 9.56. The molecule has 14 heteroatoms. The zero-order valence-electron chi connectivity index (χ0n) is 20.0. The van der Waals surface area contributed by atoms with Crippen molar-refractivity contribution >= 4 is 39.1 Å². The maximum atomic E-state index is 13.9. The van der Waals surface area contributed by atoms with Crippen molar-refractivity contribution in [3.63, 3.8) is 0 Å². The molecule has 0 atom stereocenters. The Balaban J connectivity index is 1.34. The van der Waals surface area contributed by atoms with Crippen LogP contribution in [0.2, 0.25) is 10.3 Å². The van der Waals surface area contributed by atoms with E-state index in [2.05, 4.69) is 9.88 Å². The average molecular weight is 560 g/mol. The van der Waals surface area contributed by atoms with Crippen LogP contribution in [0.15, 0.2) is 11.2 Å². The van der Waals surface area contributed by atoms with E-state index in [1.165, 1.54) is 10.6 Å². The van der Waals surface area contributed by atoms with Gasteiger partial charge in [-0.1, -0.05) is 23.2 Å². The number of sulfonamides is 1. The molecule has 1 saturated heterocycles. The van der Waals surface area contributed by atoms with Crippen LogP contribution in [0.5, 0.6) is 17.2 Å². The van der Waals surface area contributed by atoms with Crippen LogP contribution >= 0.6 is 23.2 Å².